The van der Waals surface area contributed by atoms with E-state index in [0.717, 1.165) is 6.20 Å². The van der Waals surface area contributed by atoms with Gasteiger partial charge < -0.3 is 5.32 Å². The Kier molecular flexibility index (Phi) is 2.42. The van der Waals surface area contributed by atoms with Crippen LogP contribution in [-0.2, 0) is 4.79 Å². The predicted octanol–water partition coefficient (Wildman–Crippen LogP) is 0.782. The number of nitrogens with one attached hydrogen (secondary N) is 2. The maximum atomic E-state index is 11.7. The van der Waals surface area contributed by atoms with Crippen molar-refractivity contribution in [3.63, 3.8) is 0 Å². The van der Waals surface area contributed by atoms with Crippen molar-refractivity contribution in [3.05, 3.63) is 11.8 Å². The Morgan fingerprint density at radius 3 is 2.79 bits per heavy atom. The number of nitriles is 1. The van der Waals surface area contributed by atoms with Crippen LogP contribution >= 0.6 is 0 Å². The lowest BCUT2D eigenvalue weighted by atomic mass is 10.3. The van der Waals surface area contributed by atoms with Crippen molar-refractivity contribution in [2.24, 2.45) is 0 Å². The molecule has 0 aliphatic heterocycles. The zero-order valence-corrected chi connectivity index (χ0v) is 6.51. The molecule has 8 heteroatoms. The summed E-state index contributed by atoms with van der Waals surface area (Å²) in [6, 6.07) is 1.56. The fraction of sp³-hybridized carbons (Fsp3) is 0.167. The fourth-order valence-electron chi connectivity index (χ4n) is 0.651. The fourth-order valence-corrected chi connectivity index (χ4v) is 0.651. The monoisotopic (exact) mass is 204 g/mol. The van der Waals surface area contributed by atoms with Gasteiger partial charge in [-0.05, 0) is 0 Å². The van der Waals surface area contributed by atoms with Crippen LogP contribution in [-0.4, -0.2) is 22.3 Å². The first-order valence-electron chi connectivity index (χ1n) is 3.27. The highest BCUT2D eigenvalue weighted by Gasteiger charge is 2.39. The van der Waals surface area contributed by atoms with Crippen LogP contribution in [0.1, 0.15) is 5.56 Å². The molecule has 0 aliphatic rings. The van der Waals surface area contributed by atoms with E-state index in [4.69, 9.17) is 5.26 Å². The number of anilines is 1. The van der Waals surface area contributed by atoms with E-state index in [2.05, 4.69) is 10.2 Å². The highest BCUT2D eigenvalue weighted by Crippen LogP contribution is 2.18. The molecular weight excluding hydrogens is 201 g/mol. The molecular formula is C6H3F3N4O. The van der Waals surface area contributed by atoms with Gasteiger partial charge in [0.05, 0.1) is 6.20 Å². The molecule has 0 aromatic carbocycles. The van der Waals surface area contributed by atoms with Crippen molar-refractivity contribution in [2.75, 3.05) is 5.32 Å². The molecule has 0 aliphatic carbocycles. The molecule has 2 N–H and O–H groups in total. The summed E-state index contributed by atoms with van der Waals surface area (Å²) < 4.78 is 35.2. The summed E-state index contributed by atoms with van der Waals surface area (Å²) in [6.45, 7) is 0. The molecule has 0 saturated heterocycles. The lowest BCUT2D eigenvalue weighted by Gasteiger charge is -2.05. The molecule has 1 aromatic heterocycles. The van der Waals surface area contributed by atoms with Gasteiger partial charge in [0.1, 0.15) is 17.5 Å². The van der Waals surface area contributed by atoms with E-state index in [0.29, 0.717) is 0 Å². The molecule has 0 unspecified atom stereocenters. The maximum Gasteiger partial charge on any atom is 0.471 e. The van der Waals surface area contributed by atoms with Crippen LogP contribution in [0.25, 0.3) is 0 Å². The minimum atomic E-state index is -4.99. The highest BCUT2D eigenvalue weighted by molar-refractivity contribution is 5.94. The molecule has 0 radical (unpaired) electrons. The molecule has 1 aromatic rings. The molecule has 0 saturated carbocycles. The number of aromatic amines is 1. The number of aromatic nitrogens is 2. The third-order valence-corrected chi connectivity index (χ3v) is 1.26. The van der Waals surface area contributed by atoms with Crippen molar-refractivity contribution in [2.45, 2.75) is 6.18 Å². The van der Waals surface area contributed by atoms with Gasteiger partial charge in [-0.2, -0.15) is 23.5 Å². The van der Waals surface area contributed by atoms with E-state index in [1.165, 1.54) is 5.32 Å². The van der Waals surface area contributed by atoms with E-state index in [1.54, 1.807) is 6.07 Å². The van der Waals surface area contributed by atoms with Crippen LogP contribution in [0.3, 0.4) is 0 Å². The number of amides is 1. The van der Waals surface area contributed by atoms with Gasteiger partial charge >= 0.3 is 12.1 Å². The summed E-state index contributed by atoms with van der Waals surface area (Å²) in [7, 11) is 0. The van der Waals surface area contributed by atoms with Gasteiger partial charge in [-0.1, -0.05) is 0 Å². The van der Waals surface area contributed by atoms with Crippen molar-refractivity contribution in [1.82, 2.24) is 10.2 Å². The Morgan fingerprint density at radius 1 is 1.64 bits per heavy atom. The first kappa shape index (κ1) is 10.0. The van der Waals surface area contributed by atoms with Gasteiger partial charge in [0, 0.05) is 0 Å². The van der Waals surface area contributed by atoms with Gasteiger partial charge in [0.15, 0.2) is 0 Å². The molecule has 14 heavy (non-hydrogen) atoms. The van der Waals surface area contributed by atoms with Crippen molar-refractivity contribution < 1.29 is 18.0 Å². The van der Waals surface area contributed by atoms with Crippen LogP contribution in [0.2, 0.25) is 0 Å². The van der Waals surface area contributed by atoms with Gasteiger partial charge in [-0.15, -0.1) is 0 Å². The number of H-pyrrole nitrogens is 1. The SMILES string of the molecule is N#Cc1cn[nH]c1NC(=O)C(F)(F)F. The summed E-state index contributed by atoms with van der Waals surface area (Å²) >= 11 is 0. The lowest BCUT2D eigenvalue weighted by Crippen LogP contribution is -2.30. The van der Waals surface area contributed by atoms with Crippen molar-refractivity contribution >= 4 is 11.7 Å². The highest BCUT2D eigenvalue weighted by atomic mass is 19.4. The van der Waals surface area contributed by atoms with Crippen LogP contribution in [0.15, 0.2) is 6.20 Å². The third-order valence-electron chi connectivity index (χ3n) is 1.26. The van der Waals surface area contributed by atoms with Gasteiger partial charge in [0.25, 0.3) is 0 Å². The molecule has 74 valence electrons. The van der Waals surface area contributed by atoms with E-state index < -0.39 is 12.1 Å². The van der Waals surface area contributed by atoms with Crippen molar-refractivity contribution in [1.29, 1.82) is 5.26 Å². The van der Waals surface area contributed by atoms with Crippen LogP contribution in [0.4, 0.5) is 19.0 Å². The van der Waals surface area contributed by atoms with Gasteiger partial charge in [-0.25, -0.2) is 0 Å². The molecule has 0 fully saturated rings. The number of hydrogen-bond donors (Lipinski definition) is 2. The van der Waals surface area contributed by atoms with Crippen LogP contribution in [0, 0.1) is 11.3 Å². The topological polar surface area (TPSA) is 81.6 Å². The molecule has 1 heterocycles. The Hall–Kier alpha value is -2.04. The second-order valence-corrected chi connectivity index (χ2v) is 2.22. The number of alkyl halides is 3. The second kappa shape index (κ2) is 3.37. The maximum absolute atomic E-state index is 11.7. The number of nitrogens with zero attached hydrogens (tertiary/aromatic N) is 2. The van der Waals surface area contributed by atoms with E-state index in [1.807, 2.05) is 0 Å². The first-order valence-corrected chi connectivity index (χ1v) is 3.27. The Morgan fingerprint density at radius 2 is 2.29 bits per heavy atom. The number of hydrogen-bond acceptors (Lipinski definition) is 3. The van der Waals surface area contributed by atoms with Crippen molar-refractivity contribution in [3.8, 4) is 6.07 Å². The molecule has 1 rings (SSSR count). The number of carbonyl (C=O) groups is 1. The second-order valence-electron chi connectivity index (χ2n) is 2.22. The summed E-state index contributed by atoms with van der Waals surface area (Å²) in [5.41, 5.74) is -0.164. The number of halogens is 3. The molecule has 0 spiro atoms. The Labute approximate surface area is 75.5 Å². The van der Waals surface area contributed by atoms with Crippen LogP contribution in [0.5, 0.6) is 0 Å². The molecule has 5 nitrogen and oxygen atoms in total. The van der Waals surface area contributed by atoms with Crippen LogP contribution < -0.4 is 5.32 Å². The van der Waals surface area contributed by atoms with Gasteiger partial charge in [0.2, 0.25) is 0 Å². The summed E-state index contributed by atoms with van der Waals surface area (Å²) in [6.07, 6.45) is -3.98. The standard InChI is InChI=1S/C6H3F3N4O/c7-6(8,9)5(14)12-4-3(1-10)2-11-13-4/h2H,(H2,11,12,13,14). The molecule has 1 amide bonds. The minimum absolute atomic E-state index is 0.164. The number of carbonyl (C=O) groups excluding carboxylic acids is 1. The average molecular weight is 204 g/mol. The average Bonchev–Trinajstić information content (AvgIpc) is 2.50. The Bertz CT molecular complexity index is 389. The first-order chi connectivity index (χ1) is 6.45. The quantitative estimate of drug-likeness (QED) is 0.709. The summed E-state index contributed by atoms with van der Waals surface area (Å²) in [5.74, 6) is -2.52. The predicted molar refractivity (Wildman–Crippen MR) is 38.0 cm³/mol. The Balaban J connectivity index is 2.81. The smallest absolute Gasteiger partial charge is 0.302 e. The van der Waals surface area contributed by atoms with E-state index in [9.17, 15) is 18.0 Å². The minimum Gasteiger partial charge on any atom is -0.302 e. The normalized spacial score (nSPS) is 10.7. The molecule has 0 atom stereocenters. The zero-order chi connectivity index (χ0) is 10.8. The number of rotatable bonds is 1. The lowest BCUT2D eigenvalue weighted by molar-refractivity contribution is -0.167. The van der Waals surface area contributed by atoms with E-state index in [-0.39, 0.29) is 11.4 Å². The van der Waals surface area contributed by atoms with E-state index >= 15 is 0 Å². The van der Waals surface area contributed by atoms with Gasteiger partial charge in [-0.3, -0.25) is 9.89 Å². The third kappa shape index (κ3) is 2.01. The largest absolute Gasteiger partial charge is 0.471 e. The summed E-state index contributed by atoms with van der Waals surface area (Å²) in [4.78, 5) is 10.4. The summed E-state index contributed by atoms with van der Waals surface area (Å²) in [5, 5.41) is 15.2. The molecule has 0 bridgehead atoms. The zero-order valence-electron chi connectivity index (χ0n) is 6.51.